The normalized spacial score (nSPS) is 17.7. The number of carbonyl (C=O) groups is 2. The molecule has 1 aliphatic rings. The molecule has 1 rings (SSSR count). The van der Waals surface area contributed by atoms with Crippen molar-refractivity contribution in [2.75, 3.05) is 19.8 Å². The van der Waals surface area contributed by atoms with E-state index in [-0.39, 0.29) is 24.9 Å². The second-order valence-corrected chi connectivity index (χ2v) is 3.67. The van der Waals surface area contributed by atoms with E-state index in [4.69, 9.17) is 0 Å². The van der Waals surface area contributed by atoms with Crippen molar-refractivity contribution in [1.82, 2.24) is 4.90 Å². The highest BCUT2D eigenvalue weighted by Crippen LogP contribution is 2.15. The molecule has 5 heteroatoms. The van der Waals surface area contributed by atoms with Gasteiger partial charge in [-0.1, -0.05) is 13.3 Å². The number of hydrogen-bond donors (Lipinski definition) is 0. The molecule has 0 spiro atoms. The minimum atomic E-state index is -0.603. The molecule has 1 aliphatic heterocycles. The molecule has 0 aromatic rings. The number of hydrogen-bond acceptors (Lipinski definition) is 3. The molecule has 1 fully saturated rings. The van der Waals surface area contributed by atoms with Crippen LogP contribution >= 0.6 is 0 Å². The number of cyclic esters (lactones) is 1. The average molecular weight is 217 g/mol. The highest BCUT2D eigenvalue weighted by molar-refractivity contribution is 5.93. The standard InChI is InChI=1S/C10H16FNO3/c1-2-3-8(7-11)6-9(13)12-4-5-15-10(12)14/h8H,2-7H2,1H3. The predicted octanol–water partition coefficient (Wildman–Crippen LogP) is 1.74. The molecule has 2 amide bonds. The molecule has 1 heterocycles. The fourth-order valence-corrected chi connectivity index (χ4v) is 1.62. The molecule has 0 saturated carbocycles. The SMILES string of the molecule is CCCC(CF)CC(=O)N1CCOC1=O. The van der Waals surface area contributed by atoms with Gasteiger partial charge in [0.25, 0.3) is 0 Å². The van der Waals surface area contributed by atoms with Crippen molar-refractivity contribution >= 4 is 12.0 Å². The number of rotatable bonds is 5. The molecule has 1 unspecified atom stereocenters. The van der Waals surface area contributed by atoms with Gasteiger partial charge in [-0.25, -0.2) is 9.69 Å². The van der Waals surface area contributed by atoms with Crippen molar-refractivity contribution in [3.05, 3.63) is 0 Å². The van der Waals surface area contributed by atoms with Crippen LogP contribution in [0.1, 0.15) is 26.2 Å². The maximum Gasteiger partial charge on any atom is 0.416 e. The van der Waals surface area contributed by atoms with E-state index in [1.807, 2.05) is 6.92 Å². The van der Waals surface area contributed by atoms with Crippen LogP contribution in [0.25, 0.3) is 0 Å². The third-order valence-corrected chi connectivity index (χ3v) is 2.44. The van der Waals surface area contributed by atoms with Gasteiger partial charge in [-0.2, -0.15) is 0 Å². The van der Waals surface area contributed by atoms with E-state index in [1.165, 1.54) is 0 Å². The van der Waals surface area contributed by atoms with Crippen molar-refractivity contribution in [2.24, 2.45) is 5.92 Å². The molecule has 1 saturated heterocycles. The van der Waals surface area contributed by atoms with Gasteiger partial charge in [-0.05, 0) is 12.3 Å². The van der Waals surface area contributed by atoms with Gasteiger partial charge >= 0.3 is 6.09 Å². The van der Waals surface area contributed by atoms with Crippen LogP contribution in [0.3, 0.4) is 0 Å². The number of alkyl halides is 1. The van der Waals surface area contributed by atoms with Gasteiger partial charge in [-0.15, -0.1) is 0 Å². The number of halogens is 1. The zero-order valence-corrected chi connectivity index (χ0v) is 8.87. The summed E-state index contributed by atoms with van der Waals surface area (Å²) in [7, 11) is 0. The Hall–Kier alpha value is -1.13. The van der Waals surface area contributed by atoms with Crippen LogP contribution in [-0.2, 0) is 9.53 Å². The summed E-state index contributed by atoms with van der Waals surface area (Å²) < 4.78 is 17.1. The zero-order chi connectivity index (χ0) is 11.3. The minimum Gasteiger partial charge on any atom is -0.447 e. The van der Waals surface area contributed by atoms with E-state index in [2.05, 4.69) is 4.74 Å². The summed E-state index contributed by atoms with van der Waals surface area (Å²) in [6, 6.07) is 0. The van der Waals surface area contributed by atoms with Crippen molar-refractivity contribution < 1.29 is 18.7 Å². The fourth-order valence-electron chi connectivity index (χ4n) is 1.62. The van der Waals surface area contributed by atoms with Crippen LogP contribution < -0.4 is 0 Å². The van der Waals surface area contributed by atoms with E-state index < -0.39 is 12.8 Å². The summed E-state index contributed by atoms with van der Waals surface area (Å²) in [6.45, 7) is 1.97. The lowest BCUT2D eigenvalue weighted by molar-refractivity contribution is -0.128. The second-order valence-electron chi connectivity index (χ2n) is 3.67. The number of amides is 2. The van der Waals surface area contributed by atoms with Crippen molar-refractivity contribution in [3.63, 3.8) is 0 Å². The van der Waals surface area contributed by atoms with E-state index >= 15 is 0 Å². The molecule has 0 aliphatic carbocycles. The zero-order valence-electron chi connectivity index (χ0n) is 8.87. The van der Waals surface area contributed by atoms with E-state index in [0.717, 1.165) is 11.3 Å². The Bertz CT molecular complexity index is 245. The molecule has 0 aromatic heterocycles. The third-order valence-electron chi connectivity index (χ3n) is 2.44. The summed E-state index contributed by atoms with van der Waals surface area (Å²) in [4.78, 5) is 23.6. The monoisotopic (exact) mass is 217 g/mol. The lowest BCUT2D eigenvalue weighted by atomic mass is 10.0. The number of ether oxygens (including phenoxy) is 1. The van der Waals surface area contributed by atoms with Gasteiger partial charge in [-0.3, -0.25) is 9.18 Å². The molecule has 4 nitrogen and oxygen atoms in total. The first-order valence-corrected chi connectivity index (χ1v) is 5.22. The Morgan fingerprint density at radius 2 is 2.40 bits per heavy atom. The van der Waals surface area contributed by atoms with Crippen molar-refractivity contribution in [2.45, 2.75) is 26.2 Å². The van der Waals surface area contributed by atoms with Crippen molar-refractivity contribution in [1.29, 1.82) is 0 Å². The first-order valence-electron chi connectivity index (χ1n) is 5.22. The quantitative estimate of drug-likeness (QED) is 0.704. The lowest BCUT2D eigenvalue weighted by Crippen LogP contribution is -2.33. The molecule has 0 radical (unpaired) electrons. The minimum absolute atomic E-state index is 0.0967. The lowest BCUT2D eigenvalue weighted by Gasteiger charge is -2.15. The summed E-state index contributed by atoms with van der Waals surface area (Å²) in [5.41, 5.74) is 0. The van der Waals surface area contributed by atoms with Gasteiger partial charge in [0.15, 0.2) is 0 Å². The van der Waals surface area contributed by atoms with Crippen LogP contribution in [0, 0.1) is 5.92 Å². The second kappa shape index (κ2) is 5.68. The molecule has 86 valence electrons. The Balaban J connectivity index is 2.42. The maximum absolute atomic E-state index is 12.5. The van der Waals surface area contributed by atoms with Crippen LogP contribution in [0.15, 0.2) is 0 Å². The molecular formula is C10H16FNO3. The van der Waals surface area contributed by atoms with Gasteiger partial charge in [0.05, 0.1) is 13.2 Å². The predicted molar refractivity (Wildman–Crippen MR) is 52.1 cm³/mol. The van der Waals surface area contributed by atoms with Crippen LogP contribution in [0.2, 0.25) is 0 Å². The number of carbonyl (C=O) groups excluding carboxylic acids is 2. The van der Waals surface area contributed by atoms with Gasteiger partial charge in [0, 0.05) is 6.42 Å². The summed E-state index contributed by atoms with van der Waals surface area (Å²) in [5.74, 6) is -0.593. The summed E-state index contributed by atoms with van der Waals surface area (Å²) in [6.07, 6.45) is 1.01. The van der Waals surface area contributed by atoms with Crippen LogP contribution in [0.4, 0.5) is 9.18 Å². The molecular weight excluding hydrogens is 201 g/mol. The Kier molecular flexibility index (Phi) is 4.52. The first kappa shape index (κ1) is 11.9. The third kappa shape index (κ3) is 3.18. The smallest absolute Gasteiger partial charge is 0.416 e. The summed E-state index contributed by atoms with van der Waals surface area (Å²) >= 11 is 0. The Morgan fingerprint density at radius 1 is 1.67 bits per heavy atom. The van der Waals surface area contributed by atoms with E-state index in [0.29, 0.717) is 13.0 Å². The molecule has 0 bridgehead atoms. The largest absolute Gasteiger partial charge is 0.447 e. The summed E-state index contributed by atoms with van der Waals surface area (Å²) in [5, 5.41) is 0. The topological polar surface area (TPSA) is 46.6 Å². The highest BCUT2D eigenvalue weighted by Gasteiger charge is 2.29. The molecule has 15 heavy (non-hydrogen) atoms. The Morgan fingerprint density at radius 3 is 2.87 bits per heavy atom. The van der Waals surface area contributed by atoms with Gasteiger partial charge in [0.2, 0.25) is 5.91 Å². The van der Waals surface area contributed by atoms with E-state index in [9.17, 15) is 14.0 Å². The van der Waals surface area contributed by atoms with Gasteiger partial charge < -0.3 is 4.74 Å². The molecule has 0 aromatic carbocycles. The molecule has 0 N–H and O–H groups in total. The van der Waals surface area contributed by atoms with Crippen molar-refractivity contribution in [3.8, 4) is 0 Å². The highest BCUT2D eigenvalue weighted by atomic mass is 19.1. The van der Waals surface area contributed by atoms with Gasteiger partial charge in [0.1, 0.15) is 6.61 Å². The molecule has 1 atom stereocenters. The average Bonchev–Trinajstić information content (AvgIpc) is 2.63. The number of nitrogens with zero attached hydrogens (tertiary/aromatic N) is 1. The van der Waals surface area contributed by atoms with Crippen LogP contribution in [-0.4, -0.2) is 36.7 Å². The fraction of sp³-hybridized carbons (Fsp3) is 0.800. The maximum atomic E-state index is 12.5. The van der Waals surface area contributed by atoms with Crippen LogP contribution in [0.5, 0.6) is 0 Å². The first-order chi connectivity index (χ1) is 7.19. The number of imide groups is 1. The Labute approximate surface area is 88.4 Å². The van der Waals surface area contributed by atoms with E-state index in [1.54, 1.807) is 0 Å².